The molecule has 0 spiro atoms. The summed E-state index contributed by atoms with van der Waals surface area (Å²) in [4.78, 5) is 85.4. The number of hydrogen-bond donors (Lipinski definition) is 2. The van der Waals surface area contributed by atoms with Crippen molar-refractivity contribution in [3.63, 3.8) is 0 Å². The number of carbonyl (C=O) groups excluding carboxylic acids is 6. The number of aryl methyl sites for hydroxylation is 1. The van der Waals surface area contributed by atoms with Crippen LogP contribution in [0.25, 0.3) is 11.0 Å². The van der Waals surface area contributed by atoms with Crippen molar-refractivity contribution in [3.05, 3.63) is 40.2 Å². The first-order valence-corrected chi connectivity index (χ1v) is 16.3. The molecule has 2 N–H and O–H groups in total. The number of rotatable bonds is 12. The molecule has 0 aliphatic carbocycles. The standard InChI is InChI=1S/C34H42N2O16/c1-15-10-28(43)50-25-11-22(8-9-24(15)25)48-34-30(36-17(3)38)32(47-21(7)42)31(27(51-34)14-45-19(5)40)52-33-29(35-16(2)37)26(46-20(6)41)12-23(49-33)13-44-18(4)39/h8-11,23,26-27,29-34H,12-14H2,1-7H3,(H,35,37)(H,36,38)/t23?,26?,27?,29?,30?,31-,32?,33+,34-/m1/s1. The maximum absolute atomic E-state index is 12.6. The molecular formula is C34H42N2O16. The SMILES string of the molecule is CC(=O)NC1C(OC(C)=O)CC(COC(C)=O)O[C@H]1O[C@@H]1C(COC(C)=O)O[C@@H](Oc2ccc3c(C)cc(=O)oc3c2)C(NC(C)=O)C1OC(C)=O. The molecule has 284 valence electrons. The van der Waals surface area contributed by atoms with Crippen LogP contribution in [0, 0.1) is 6.92 Å². The number of nitrogens with one attached hydrogen (secondary N) is 2. The predicted octanol–water partition coefficient (Wildman–Crippen LogP) is 0.704. The summed E-state index contributed by atoms with van der Waals surface area (Å²) in [5, 5.41) is 5.96. The summed E-state index contributed by atoms with van der Waals surface area (Å²) in [5.74, 6) is -3.81. The molecule has 1 aromatic heterocycles. The molecule has 6 unspecified atom stereocenters. The van der Waals surface area contributed by atoms with Gasteiger partial charge in [-0.15, -0.1) is 0 Å². The number of ether oxygens (including phenoxy) is 8. The Kier molecular flexibility index (Phi) is 13.3. The summed E-state index contributed by atoms with van der Waals surface area (Å²) in [5.41, 5.74) is 0.275. The van der Waals surface area contributed by atoms with Gasteiger partial charge in [0.15, 0.2) is 12.4 Å². The van der Waals surface area contributed by atoms with Crippen LogP contribution in [0.15, 0.2) is 33.5 Å². The predicted molar refractivity (Wildman–Crippen MR) is 174 cm³/mol. The quantitative estimate of drug-likeness (QED) is 0.174. The lowest BCUT2D eigenvalue weighted by Crippen LogP contribution is -2.69. The van der Waals surface area contributed by atoms with E-state index in [0.717, 1.165) is 13.8 Å². The Morgan fingerprint density at radius 2 is 1.38 bits per heavy atom. The van der Waals surface area contributed by atoms with Crippen LogP contribution in [0.5, 0.6) is 5.75 Å². The molecule has 0 radical (unpaired) electrons. The topological polar surface area (TPSA) is 231 Å². The fourth-order valence-corrected chi connectivity index (χ4v) is 5.96. The number of hydrogen-bond acceptors (Lipinski definition) is 16. The first-order valence-electron chi connectivity index (χ1n) is 16.3. The van der Waals surface area contributed by atoms with Crippen molar-refractivity contribution in [1.82, 2.24) is 10.6 Å². The fraction of sp³-hybridized carbons (Fsp3) is 0.559. The zero-order valence-electron chi connectivity index (χ0n) is 29.7. The molecule has 52 heavy (non-hydrogen) atoms. The molecule has 18 heteroatoms. The minimum atomic E-state index is -1.49. The fourth-order valence-electron chi connectivity index (χ4n) is 5.96. The van der Waals surface area contributed by atoms with Crippen molar-refractivity contribution in [2.45, 2.75) is 110 Å². The highest BCUT2D eigenvalue weighted by atomic mass is 16.7. The minimum Gasteiger partial charge on any atom is -0.463 e. The molecule has 2 amide bonds. The lowest BCUT2D eigenvalue weighted by molar-refractivity contribution is -0.315. The number of amides is 2. The van der Waals surface area contributed by atoms with Crippen molar-refractivity contribution in [2.75, 3.05) is 13.2 Å². The second-order valence-corrected chi connectivity index (χ2v) is 12.3. The minimum absolute atomic E-state index is 0.0150. The zero-order valence-corrected chi connectivity index (χ0v) is 29.7. The van der Waals surface area contributed by atoms with Gasteiger partial charge in [-0.2, -0.15) is 0 Å². The lowest BCUT2D eigenvalue weighted by Gasteiger charge is -2.48. The van der Waals surface area contributed by atoms with Gasteiger partial charge >= 0.3 is 29.5 Å². The second kappa shape index (κ2) is 17.4. The molecule has 2 saturated heterocycles. The lowest BCUT2D eigenvalue weighted by atomic mass is 9.95. The first kappa shape index (κ1) is 39.7. The molecule has 1 aromatic carbocycles. The van der Waals surface area contributed by atoms with Gasteiger partial charge < -0.3 is 52.9 Å². The van der Waals surface area contributed by atoms with Gasteiger partial charge in [0, 0.05) is 65.5 Å². The Bertz CT molecular complexity index is 1720. The third kappa shape index (κ3) is 10.7. The molecular weight excluding hydrogens is 692 g/mol. The van der Waals surface area contributed by atoms with E-state index in [4.69, 9.17) is 42.3 Å². The van der Waals surface area contributed by atoms with E-state index in [1.807, 2.05) is 0 Å². The van der Waals surface area contributed by atoms with Crippen LogP contribution in [0.1, 0.15) is 53.5 Å². The number of esters is 4. The summed E-state index contributed by atoms with van der Waals surface area (Å²) < 4.78 is 52.0. The molecule has 2 aliphatic rings. The number of carbonyl (C=O) groups is 6. The van der Waals surface area contributed by atoms with Crippen LogP contribution in [0.4, 0.5) is 0 Å². The van der Waals surface area contributed by atoms with Gasteiger partial charge in [-0.1, -0.05) is 0 Å². The van der Waals surface area contributed by atoms with Gasteiger partial charge in [0.25, 0.3) is 0 Å². The van der Waals surface area contributed by atoms with Gasteiger partial charge in [-0.25, -0.2) is 4.79 Å². The van der Waals surface area contributed by atoms with E-state index in [2.05, 4.69) is 10.6 Å². The van der Waals surface area contributed by atoms with E-state index in [0.29, 0.717) is 10.9 Å². The molecule has 18 nitrogen and oxygen atoms in total. The summed E-state index contributed by atoms with van der Waals surface area (Å²) in [7, 11) is 0. The summed E-state index contributed by atoms with van der Waals surface area (Å²) in [6, 6.07) is 3.53. The normalized spacial score (nSPS) is 27.1. The summed E-state index contributed by atoms with van der Waals surface area (Å²) >= 11 is 0. The van der Waals surface area contributed by atoms with Crippen LogP contribution in [-0.4, -0.2) is 104 Å². The maximum atomic E-state index is 12.6. The average Bonchev–Trinajstić information content (AvgIpc) is 3.02. The Morgan fingerprint density at radius 1 is 0.750 bits per heavy atom. The second-order valence-electron chi connectivity index (χ2n) is 12.3. The summed E-state index contributed by atoms with van der Waals surface area (Å²) in [6.45, 7) is 8.02. The van der Waals surface area contributed by atoms with Crippen molar-refractivity contribution >= 4 is 46.7 Å². The van der Waals surface area contributed by atoms with Crippen LogP contribution >= 0.6 is 0 Å². The zero-order chi connectivity index (χ0) is 38.3. The average molecular weight is 735 g/mol. The van der Waals surface area contributed by atoms with Crippen LogP contribution in [-0.2, 0) is 61.9 Å². The van der Waals surface area contributed by atoms with Gasteiger partial charge in [-0.05, 0) is 24.6 Å². The number of benzene rings is 1. The highest BCUT2D eigenvalue weighted by Gasteiger charge is 2.54. The molecule has 0 bridgehead atoms. The van der Waals surface area contributed by atoms with E-state index in [1.54, 1.807) is 19.1 Å². The van der Waals surface area contributed by atoms with Crippen LogP contribution in [0.3, 0.4) is 0 Å². The van der Waals surface area contributed by atoms with Crippen molar-refractivity contribution in [3.8, 4) is 5.75 Å². The molecule has 4 rings (SSSR count). The number of fused-ring (bicyclic) bond motifs is 1. The van der Waals surface area contributed by atoms with Crippen molar-refractivity contribution in [1.29, 1.82) is 0 Å². The molecule has 9 atom stereocenters. The molecule has 2 aliphatic heterocycles. The van der Waals surface area contributed by atoms with E-state index >= 15 is 0 Å². The van der Waals surface area contributed by atoms with Gasteiger partial charge in [-0.3, -0.25) is 28.8 Å². The first-order chi connectivity index (χ1) is 24.5. The third-order valence-corrected chi connectivity index (χ3v) is 7.91. The molecule has 2 aromatic rings. The summed E-state index contributed by atoms with van der Waals surface area (Å²) in [6.07, 6.45) is -9.07. The monoisotopic (exact) mass is 734 g/mol. The van der Waals surface area contributed by atoms with Gasteiger partial charge in [0.1, 0.15) is 54.9 Å². The Morgan fingerprint density at radius 3 is 2.00 bits per heavy atom. The van der Waals surface area contributed by atoms with Crippen molar-refractivity contribution in [2.24, 2.45) is 0 Å². The van der Waals surface area contributed by atoms with Gasteiger partial charge in [0.2, 0.25) is 18.1 Å². The maximum Gasteiger partial charge on any atom is 0.336 e. The van der Waals surface area contributed by atoms with E-state index in [-0.39, 0.29) is 24.4 Å². The molecule has 3 heterocycles. The highest BCUT2D eigenvalue weighted by Crippen LogP contribution is 2.34. The third-order valence-electron chi connectivity index (χ3n) is 7.91. The molecule has 2 fully saturated rings. The Balaban J connectivity index is 1.78. The Hall–Kier alpha value is -5.07. The van der Waals surface area contributed by atoms with Gasteiger partial charge in [0.05, 0.1) is 6.10 Å². The molecule has 0 saturated carbocycles. The van der Waals surface area contributed by atoms with E-state index in [9.17, 15) is 33.6 Å². The van der Waals surface area contributed by atoms with Crippen LogP contribution < -0.4 is 21.0 Å². The Labute approximate surface area is 297 Å². The van der Waals surface area contributed by atoms with E-state index in [1.165, 1.54) is 39.8 Å². The van der Waals surface area contributed by atoms with Crippen molar-refractivity contribution < 1.29 is 71.1 Å². The largest absolute Gasteiger partial charge is 0.463 e. The highest BCUT2D eigenvalue weighted by molar-refractivity contribution is 5.81. The van der Waals surface area contributed by atoms with Crippen LogP contribution in [0.2, 0.25) is 0 Å². The van der Waals surface area contributed by atoms with E-state index < -0.39 is 103 Å². The smallest absolute Gasteiger partial charge is 0.336 e.